The fraction of sp³-hybridized carbons (Fsp3) is 0.269. The Hall–Kier alpha value is -2.39. The maximum atomic E-state index is 13.2. The number of carbonyl (C=O) groups excluding carboxylic acids is 1. The summed E-state index contributed by atoms with van der Waals surface area (Å²) in [5, 5.41) is 3.12. The Kier molecular flexibility index (Phi) is 5.60. The van der Waals surface area contributed by atoms with Crippen LogP contribution in [0.4, 0.5) is 5.69 Å². The zero-order valence-electron chi connectivity index (χ0n) is 16.9. The number of anilines is 1. The molecule has 0 unspecified atom stereocenters. The zero-order valence-corrected chi connectivity index (χ0v) is 18.5. The lowest BCUT2D eigenvalue weighted by atomic mass is 9.84. The molecule has 1 fully saturated rings. The van der Waals surface area contributed by atoms with Crippen molar-refractivity contribution in [2.24, 2.45) is 5.92 Å². The zero-order chi connectivity index (χ0) is 20.4. The summed E-state index contributed by atoms with van der Waals surface area (Å²) in [5.41, 5.74) is 5.69. The first-order valence-corrected chi connectivity index (χ1v) is 11.1. The summed E-state index contributed by atoms with van der Waals surface area (Å²) in [6.07, 6.45) is 2.88. The van der Waals surface area contributed by atoms with Crippen molar-refractivity contribution in [3.8, 4) is 0 Å². The predicted molar refractivity (Wildman–Crippen MR) is 123 cm³/mol. The number of aryl methyl sites for hydroxylation is 2. The van der Waals surface area contributed by atoms with Gasteiger partial charge in [-0.2, -0.15) is 0 Å². The Bertz CT molecular complexity index is 960. The third-order valence-electron chi connectivity index (χ3n) is 6.12. The molecule has 1 aliphatic carbocycles. The van der Waals surface area contributed by atoms with E-state index in [2.05, 4.69) is 83.6 Å². The largest absolute Gasteiger partial charge is 0.326 e. The van der Waals surface area contributed by atoms with Gasteiger partial charge in [-0.1, -0.05) is 84.4 Å². The van der Waals surface area contributed by atoms with Crippen LogP contribution < -0.4 is 5.32 Å². The van der Waals surface area contributed by atoms with E-state index in [0.717, 1.165) is 29.4 Å². The van der Waals surface area contributed by atoms with Crippen molar-refractivity contribution in [2.75, 3.05) is 5.32 Å². The van der Waals surface area contributed by atoms with Gasteiger partial charge in [-0.3, -0.25) is 4.79 Å². The molecule has 0 heterocycles. The van der Waals surface area contributed by atoms with Crippen molar-refractivity contribution >= 4 is 27.5 Å². The first-order valence-electron chi connectivity index (χ1n) is 10.3. The van der Waals surface area contributed by atoms with E-state index in [0.29, 0.717) is 0 Å². The topological polar surface area (TPSA) is 29.1 Å². The van der Waals surface area contributed by atoms with E-state index in [-0.39, 0.29) is 17.2 Å². The van der Waals surface area contributed by atoms with Gasteiger partial charge < -0.3 is 5.32 Å². The first-order chi connectivity index (χ1) is 14.1. The van der Waals surface area contributed by atoms with Gasteiger partial charge in [0.1, 0.15) is 0 Å². The molecule has 0 aromatic heterocycles. The molecule has 0 aliphatic heterocycles. The standard InChI is InChI=1S/C26H26BrNO/c1-3-18-8-12-20(13-9-18)26(21-14-10-19(4-2)11-15-21)17-24(26)25(29)28-23-7-5-6-22(27)16-23/h5-16,24H,3-4,17H2,1-2H3,(H,28,29)/t24-/m0/s1. The van der Waals surface area contributed by atoms with Crippen molar-refractivity contribution in [2.45, 2.75) is 38.5 Å². The molecular weight excluding hydrogens is 422 g/mol. The van der Waals surface area contributed by atoms with Gasteiger partial charge in [0.15, 0.2) is 0 Å². The monoisotopic (exact) mass is 447 g/mol. The molecule has 148 valence electrons. The van der Waals surface area contributed by atoms with E-state index in [1.807, 2.05) is 24.3 Å². The fourth-order valence-electron chi connectivity index (χ4n) is 4.26. The molecule has 1 atom stereocenters. The van der Waals surface area contributed by atoms with Gasteiger partial charge >= 0.3 is 0 Å². The fourth-order valence-corrected chi connectivity index (χ4v) is 4.65. The molecule has 1 saturated carbocycles. The second-order valence-corrected chi connectivity index (χ2v) is 8.74. The lowest BCUT2D eigenvalue weighted by Crippen LogP contribution is -2.22. The molecule has 29 heavy (non-hydrogen) atoms. The molecule has 1 N–H and O–H groups in total. The van der Waals surface area contributed by atoms with Gasteiger partial charge in [0, 0.05) is 15.6 Å². The van der Waals surface area contributed by atoms with E-state index in [9.17, 15) is 4.79 Å². The number of hydrogen-bond donors (Lipinski definition) is 1. The van der Waals surface area contributed by atoms with Crippen LogP contribution in [0.3, 0.4) is 0 Å². The minimum atomic E-state index is -0.241. The second kappa shape index (κ2) is 8.16. The minimum Gasteiger partial charge on any atom is -0.326 e. The van der Waals surface area contributed by atoms with Crippen LogP contribution in [0.2, 0.25) is 0 Å². The summed E-state index contributed by atoms with van der Waals surface area (Å²) in [7, 11) is 0. The van der Waals surface area contributed by atoms with E-state index >= 15 is 0 Å². The quantitative estimate of drug-likeness (QED) is 0.457. The van der Waals surface area contributed by atoms with Gasteiger partial charge in [0.25, 0.3) is 0 Å². The number of halogens is 1. The summed E-state index contributed by atoms with van der Waals surface area (Å²) in [5.74, 6) is 0.0173. The van der Waals surface area contributed by atoms with Crippen molar-refractivity contribution in [1.29, 1.82) is 0 Å². The predicted octanol–water partition coefficient (Wildman–Crippen LogP) is 6.52. The van der Waals surface area contributed by atoms with E-state index < -0.39 is 0 Å². The van der Waals surface area contributed by atoms with Crippen LogP contribution in [0, 0.1) is 5.92 Å². The van der Waals surface area contributed by atoms with E-state index in [1.54, 1.807) is 0 Å². The summed E-state index contributed by atoms with van der Waals surface area (Å²) in [6, 6.07) is 25.4. The van der Waals surface area contributed by atoms with Crippen LogP contribution in [-0.4, -0.2) is 5.91 Å². The van der Waals surface area contributed by atoms with Crippen LogP contribution in [0.5, 0.6) is 0 Å². The number of hydrogen-bond acceptors (Lipinski definition) is 1. The molecule has 0 saturated heterocycles. The third-order valence-corrected chi connectivity index (χ3v) is 6.62. The highest BCUT2D eigenvalue weighted by Gasteiger charge is 2.60. The van der Waals surface area contributed by atoms with Gasteiger partial charge in [0.2, 0.25) is 5.91 Å². The van der Waals surface area contributed by atoms with Gasteiger partial charge in [-0.15, -0.1) is 0 Å². The van der Waals surface area contributed by atoms with Crippen molar-refractivity contribution in [3.63, 3.8) is 0 Å². The Morgan fingerprint density at radius 2 is 1.48 bits per heavy atom. The molecule has 4 rings (SSSR count). The Morgan fingerprint density at radius 1 is 0.931 bits per heavy atom. The minimum absolute atomic E-state index is 0.0681. The third kappa shape index (κ3) is 3.89. The molecule has 3 heteroatoms. The van der Waals surface area contributed by atoms with Crippen LogP contribution in [0.1, 0.15) is 42.5 Å². The molecule has 0 spiro atoms. The lowest BCUT2D eigenvalue weighted by molar-refractivity contribution is -0.117. The number of benzene rings is 3. The summed E-state index contributed by atoms with van der Waals surface area (Å²) in [4.78, 5) is 13.2. The second-order valence-electron chi connectivity index (χ2n) is 7.83. The summed E-state index contributed by atoms with van der Waals surface area (Å²) in [6.45, 7) is 4.33. The van der Waals surface area contributed by atoms with Crippen molar-refractivity contribution < 1.29 is 4.79 Å². The van der Waals surface area contributed by atoms with Crippen LogP contribution in [-0.2, 0) is 23.1 Å². The maximum Gasteiger partial charge on any atom is 0.228 e. The normalized spacial score (nSPS) is 17.0. The average molecular weight is 448 g/mol. The molecule has 1 amide bonds. The molecule has 3 aromatic rings. The highest BCUT2D eigenvalue weighted by Crippen LogP contribution is 2.59. The maximum absolute atomic E-state index is 13.2. The van der Waals surface area contributed by atoms with E-state index in [1.165, 1.54) is 22.3 Å². The van der Waals surface area contributed by atoms with Crippen LogP contribution in [0.25, 0.3) is 0 Å². The highest BCUT2D eigenvalue weighted by atomic mass is 79.9. The molecule has 1 aliphatic rings. The molecule has 3 aromatic carbocycles. The van der Waals surface area contributed by atoms with Gasteiger partial charge in [-0.25, -0.2) is 0 Å². The van der Waals surface area contributed by atoms with Gasteiger partial charge in [0.05, 0.1) is 5.92 Å². The SMILES string of the molecule is CCc1ccc(C2(c3ccc(CC)cc3)C[C@H]2C(=O)Nc2cccc(Br)c2)cc1. The number of nitrogens with one attached hydrogen (secondary N) is 1. The van der Waals surface area contributed by atoms with Crippen LogP contribution >= 0.6 is 15.9 Å². The summed E-state index contributed by atoms with van der Waals surface area (Å²) < 4.78 is 0.961. The number of amides is 1. The summed E-state index contributed by atoms with van der Waals surface area (Å²) >= 11 is 3.48. The number of carbonyl (C=O) groups is 1. The molecule has 2 nitrogen and oxygen atoms in total. The highest BCUT2D eigenvalue weighted by molar-refractivity contribution is 9.10. The van der Waals surface area contributed by atoms with Crippen molar-refractivity contribution in [1.82, 2.24) is 0 Å². The van der Waals surface area contributed by atoms with Crippen molar-refractivity contribution in [3.05, 3.63) is 99.5 Å². The van der Waals surface area contributed by atoms with Gasteiger partial charge in [-0.05, 0) is 59.7 Å². The Labute approximate surface area is 181 Å². The average Bonchev–Trinajstić information content (AvgIpc) is 3.51. The lowest BCUT2D eigenvalue weighted by Gasteiger charge is -2.20. The first kappa shape index (κ1) is 19.9. The van der Waals surface area contributed by atoms with Crippen LogP contribution in [0.15, 0.2) is 77.3 Å². The Balaban J connectivity index is 1.67. The van der Waals surface area contributed by atoms with E-state index in [4.69, 9.17) is 0 Å². The molecular formula is C26H26BrNO. The number of rotatable bonds is 6. The smallest absolute Gasteiger partial charge is 0.228 e. The Morgan fingerprint density at radius 3 is 1.97 bits per heavy atom. The molecule has 0 bridgehead atoms. The molecule has 0 radical (unpaired) electrons.